The lowest BCUT2D eigenvalue weighted by Crippen LogP contribution is -2.29. The molecule has 1 heterocycles. The van der Waals surface area contributed by atoms with Crippen molar-refractivity contribution < 1.29 is 23.7 Å². The maximum atomic E-state index is 5.60. The highest BCUT2D eigenvalue weighted by Crippen LogP contribution is 2.46. The van der Waals surface area contributed by atoms with Crippen molar-refractivity contribution in [1.82, 2.24) is 0 Å². The molecule has 30 heavy (non-hydrogen) atoms. The molecule has 6 nitrogen and oxygen atoms in total. The highest BCUT2D eigenvalue weighted by molar-refractivity contribution is 6.15. The minimum Gasteiger partial charge on any atom is -0.493 e. The summed E-state index contributed by atoms with van der Waals surface area (Å²) in [5.41, 5.74) is 4.21. The summed E-state index contributed by atoms with van der Waals surface area (Å²) in [5, 5.41) is 0. The van der Waals surface area contributed by atoms with E-state index in [9.17, 15) is 0 Å². The SMILES string of the molecule is COc1cc2c(cc1OC)[C@H]1CCCC[C@H]1N=C2c1cc(OC)c(OC)c(OC)c1. The number of hydrogen-bond donors (Lipinski definition) is 0. The number of hydrogen-bond acceptors (Lipinski definition) is 6. The van der Waals surface area contributed by atoms with Crippen molar-refractivity contribution in [2.24, 2.45) is 4.99 Å². The van der Waals surface area contributed by atoms with E-state index in [0.717, 1.165) is 35.4 Å². The molecule has 1 aliphatic heterocycles. The van der Waals surface area contributed by atoms with Crippen LogP contribution in [0.4, 0.5) is 0 Å². The van der Waals surface area contributed by atoms with Crippen molar-refractivity contribution in [3.8, 4) is 28.7 Å². The Morgan fingerprint density at radius 2 is 1.30 bits per heavy atom. The van der Waals surface area contributed by atoms with Gasteiger partial charge in [-0.05, 0) is 42.7 Å². The van der Waals surface area contributed by atoms with Gasteiger partial charge in [-0.1, -0.05) is 12.8 Å². The predicted octanol–water partition coefficient (Wildman–Crippen LogP) is 4.61. The van der Waals surface area contributed by atoms with Crippen LogP contribution >= 0.6 is 0 Å². The molecule has 1 saturated carbocycles. The maximum Gasteiger partial charge on any atom is 0.203 e. The number of ether oxygens (including phenoxy) is 5. The molecule has 2 aromatic rings. The summed E-state index contributed by atoms with van der Waals surface area (Å²) in [6.45, 7) is 0. The van der Waals surface area contributed by atoms with Gasteiger partial charge in [-0.15, -0.1) is 0 Å². The van der Waals surface area contributed by atoms with Crippen molar-refractivity contribution in [2.75, 3.05) is 35.5 Å². The molecule has 2 aliphatic rings. The van der Waals surface area contributed by atoms with E-state index in [4.69, 9.17) is 28.7 Å². The van der Waals surface area contributed by atoms with Gasteiger partial charge in [-0.3, -0.25) is 4.99 Å². The molecule has 2 aromatic carbocycles. The number of nitrogens with zero attached hydrogens (tertiary/aromatic N) is 1. The topological polar surface area (TPSA) is 58.5 Å². The molecule has 1 aliphatic carbocycles. The van der Waals surface area contributed by atoms with Crippen molar-refractivity contribution in [2.45, 2.75) is 37.6 Å². The smallest absolute Gasteiger partial charge is 0.203 e. The first kappa shape index (κ1) is 20.4. The lowest BCUT2D eigenvalue weighted by molar-refractivity contribution is 0.324. The van der Waals surface area contributed by atoms with Crippen LogP contribution in [-0.4, -0.2) is 47.3 Å². The molecule has 0 bridgehead atoms. The highest BCUT2D eigenvalue weighted by Gasteiger charge is 2.35. The zero-order chi connectivity index (χ0) is 21.3. The number of aliphatic imine (C=N–C) groups is 1. The molecule has 0 amide bonds. The maximum absolute atomic E-state index is 5.60. The molecule has 0 N–H and O–H groups in total. The Morgan fingerprint density at radius 3 is 1.90 bits per heavy atom. The molecular formula is C24H29NO5. The predicted molar refractivity (Wildman–Crippen MR) is 116 cm³/mol. The van der Waals surface area contributed by atoms with Crippen LogP contribution in [-0.2, 0) is 0 Å². The monoisotopic (exact) mass is 411 g/mol. The first-order valence-corrected chi connectivity index (χ1v) is 10.3. The number of fused-ring (bicyclic) bond motifs is 3. The second-order valence-corrected chi connectivity index (χ2v) is 7.64. The van der Waals surface area contributed by atoms with E-state index < -0.39 is 0 Å². The first-order chi connectivity index (χ1) is 14.6. The summed E-state index contributed by atoms with van der Waals surface area (Å²) < 4.78 is 27.9. The van der Waals surface area contributed by atoms with Crippen LogP contribution in [0.3, 0.4) is 0 Å². The van der Waals surface area contributed by atoms with Crippen LogP contribution < -0.4 is 23.7 Å². The summed E-state index contributed by atoms with van der Waals surface area (Å²) in [6, 6.07) is 8.36. The lowest BCUT2D eigenvalue weighted by Gasteiger charge is -2.36. The van der Waals surface area contributed by atoms with Crippen LogP contribution in [0, 0.1) is 0 Å². The fraction of sp³-hybridized carbons (Fsp3) is 0.458. The number of benzene rings is 2. The summed E-state index contributed by atoms with van der Waals surface area (Å²) >= 11 is 0. The van der Waals surface area contributed by atoms with E-state index >= 15 is 0 Å². The van der Waals surface area contributed by atoms with E-state index in [1.54, 1.807) is 35.5 Å². The van der Waals surface area contributed by atoms with Crippen LogP contribution in [0.2, 0.25) is 0 Å². The number of rotatable bonds is 6. The third-order valence-electron chi connectivity index (χ3n) is 6.17. The Bertz CT molecular complexity index is 943. The molecule has 6 heteroatoms. The lowest BCUT2D eigenvalue weighted by atomic mass is 9.75. The molecule has 0 unspecified atom stereocenters. The summed E-state index contributed by atoms with van der Waals surface area (Å²) in [6.07, 6.45) is 4.66. The minimum atomic E-state index is 0.262. The quantitative estimate of drug-likeness (QED) is 0.695. The third kappa shape index (κ3) is 3.34. The Morgan fingerprint density at radius 1 is 0.700 bits per heavy atom. The molecule has 0 radical (unpaired) electrons. The van der Waals surface area contributed by atoms with E-state index in [1.165, 1.54) is 18.4 Å². The van der Waals surface area contributed by atoms with Gasteiger partial charge >= 0.3 is 0 Å². The van der Waals surface area contributed by atoms with Crippen molar-refractivity contribution >= 4 is 5.71 Å². The molecule has 1 fully saturated rings. The average Bonchev–Trinajstić information content (AvgIpc) is 2.81. The molecule has 2 atom stereocenters. The van der Waals surface area contributed by atoms with Crippen molar-refractivity contribution in [1.29, 1.82) is 0 Å². The zero-order valence-corrected chi connectivity index (χ0v) is 18.3. The van der Waals surface area contributed by atoms with Crippen LogP contribution in [0.25, 0.3) is 0 Å². The van der Waals surface area contributed by atoms with Gasteiger partial charge in [0.1, 0.15) is 0 Å². The minimum absolute atomic E-state index is 0.262. The van der Waals surface area contributed by atoms with Gasteiger partial charge in [0.25, 0.3) is 0 Å². The summed E-state index contributed by atoms with van der Waals surface area (Å²) in [4.78, 5) is 5.22. The summed E-state index contributed by atoms with van der Waals surface area (Å²) in [5.74, 6) is 3.66. The Hall–Kier alpha value is -2.89. The van der Waals surface area contributed by atoms with Gasteiger partial charge in [0, 0.05) is 17.0 Å². The zero-order valence-electron chi connectivity index (χ0n) is 18.3. The normalized spacial score (nSPS) is 19.8. The van der Waals surface area contributed by atoms with Gasteiger partial charge in [0.15, 0.2) is 23.0 Å². The van der Waals surface area contributed by atoms with Crippen molar-refractivity contribution in [3.05, 3.63) is 41.0 Å². The van der Waals surface area contributed by atoms with Crippen LogP contribution in [0.1, 0.15) is 48.3 Å². The van der Waals surface area contributed by atoms with Crippen LogP contribution in [0.15, 0.2) is 29.3 Å². The van der Waals surface area contributed by atoms with E-state index in [0.29, 0.717) is 28.9 Å². The van der Waals surface area contributed by atoms with Gasteiger partial charge in [-0.2, -0.15) is 0 Å². The summed E-state index contributed by atoms with van der Waals surface area (Å²) in [7, 11) is 8.20. The standard InChI is InChI=1S/C24H29NO5/c1-26-19-12-16-15-8-6-7-9-18(15)25-23(17(16)13-20(19)27-2)14-10-21(28-3)24(30-5)22(11-14)29-4/h10-13,15,18H,6-9H2,1-5H3/t15-,18-/m1/s1. The molecule has 0 saturated heterocycles. The molecule has 0 spiro atoms. The largest absolute Gasteiger partial charge is 0.493 e. The van der Waals surface area contributed by atoms with E-state index in [-0.39, 0.29) is 6.04 Å². The Balaban J connectivity index is 1.93. The third-order valence-corrected chi connectivity index (χ3v) is 6.17. The Kier molecular flexibility index (Phi) is 5.75. The molecule has 160 valence electrons. The van der Waals surface area contributed by atoms with E-state index in [2.05, 4.69) is 6.07 Å². The van der Waals surface area contributed by atoms with E-state index in [1.807, 2.05) is 18.2 Å². The van der Waals surface area contributed by atoms with Crippen LogP contribution in [0.5, 0.6) is 28.7 Å². The molecule has 4 rings (SSSR count). The first-order valence-electron chi connectivity index (χ1n) is 10.3. The fourth-order valence-electron chi connectivity index (χ4n) is 4.72. The van der Waals surface area contributed by atoms with Gasteiger partial charge < -0.3 is 23.7 Å². The Labute approximate surface area is 177 Å². The van der Waals surface area contributed by atoms with Crippen molar-refractivity contribution in [3.63, 3.8) is 0 Å². The van der Waals surface area contributed by atoms with Gasteiger partial charge in [0.05, 0.1) is 47.3 Å². The molecule has 0 aromatic heterocycles. The number of methoxy groups -OCH3 is 5. The second-order valence-electron chi connectivity index (χ2n) is 7.64. The second kappa shape index (κ2) is 8.46. The fourth-order valence-corrected chi connectivity index (χ4v) is 4.72. The average molecular weight is 411 g/mol. The highest BCUT2D eigenvalue weighted by atomic mass is 16.5. The van der Waals surface area contributed by atoms with Gasteiger partial charge in [-0.25, -0.2) is 0 Å². The molecular weight excluding hydrogens is 382 g/mol. The van der Waals surface area contributed by atoms with Gasteiger partial charge in [0.2, 0.25) is 5.75 Å².